The van der Waals surface area contributed by atoms with E-state index in [4.69, 9.17) is 5.73 Å². The first-order valence-electron chi connectivity index (χ1n) is 6.45. The lowest BCUT2D eigenvalue weighted by Gasteiger charge is -2.11. The molecule has 0 aliphatic rings. The Kier molecular flexibility index (Phi) is 4.59. The monoisotopic (exact) mass is 303 g/mol. The highest BCUT2D eigenvalue weighted by atomic mass is 32.1. The van der Waals surface area contributed by atoms with Crippen molar-refractivity contribution in [1.82, 2.24) is 0 Å². The van der Waals surface area contributed by atoms with E-state index in [1.807, 2.05) is 24.4 Å². The van der Waals surface area contributed by atoms with Crippen LogP contribution in [0.2, 0.25) is 0 Å². The molecular weight excluding hydrogens is 286 g/mol. The highest BCUT2D eigenvalue weighted by Gasteiger charge is 2.07. The number of carbonyl (C=O) groups excluding carboxylic acids is 2. The van der Waals surface area contributed by atoms with Gasteiger partial charge in [-0.2, -0.15) is 0 Å². The van der Waals surface area contributed by atoms with Crippen molar-refractivity contribution in [2.24, 2.45) is 5.73 Å². The van der Waals surface area contributed by atoms with Gasteiger partial charge < -0.3 is 16.4 Å². The van der Waals surface area contributed by atoms with Crippen molar-refractivity contribution in [3.63, 3.8) is 0 Å². The summed E-state index contributed by atoms with van der Waals surface area (Å²) < 4.78 is 0. The van der Waals surface area contributed by atoms with E-state index in [2.05, 4.69) is 10.6 Å². The van der Waals surface area contributed by atoms with Gasteiger partial charge in [-0.3, -0.25) is 9.59 Å². The number of benzene rings is 1. The average Bonchev–Trinajstić information content (AvgIpc) is 2.83. The van der Waals surface area contributed by atoms with Crippen molar-refractivity contribution in [2.45, 2.75) is 20.4 Å². The van der Waals surface area contributed by atoms with Gasteiger partial charge in [-0.1, -0.05) is 0 Å². The van der Waals surface area contributed by atoms with Crippen LogP contribution >= 0.6 is 11.3 Å². The summed E-state index contributed by atoms with van der Waals surface area (Å²) in [7, 11) is 0. The van der Waals surface area contributed by atoms with Crippen molar-refractivity contribution >= 4 is 34.5 Å². The fraction of sp³-hybridized carbons (Fsp3) is 0.200. The van der Waals surface area contributed by atoms with Crippen LogP contribution in [-0.2, 0) is 11.3 Å². The molecule has 1 heterocycles. The second-order valence-corrected chi connectivity index (χ2v) is 5.69. The van der Waals surface area contributed by atoms with Gasteiger partial charge in [0.2, 0.25) is 11.8 Å². The minimum Gasteiger partial charge on any atom is -0.380 e. The van der Waals surface area contributed by atoms with E-state index in [0.29, 0.717) is 12.1 Å². The molecule has 0 unspecified atom stereocenters. The van der Waals surface area contributed by atoms with Crippen LogP contribution < -0.4 is 16.4 Å². The molecule has 1 aromatic heterocycles. The quantitative estimate of drug-likeness (QED) is 0.794. The molecule has 1 aromatic carbocycles. The normalized spacial score (nSPS) is 10.2. The molecule has 0 aliphatic heterocycles. The van der Waals surface area contributed by atoms with E-state index in [9.17, 15) is 9.59 Å². The molecule has 21 heavy (non-hydrogen) atoms. The van der Waals surface area contributed by atoms with E-state index in [0.717, 1.165) is 21.8 Å². The van der Waals surface area contributed by atoms with Gasteiger partial charge in [-0.05, 0) is 42.1 Å². The molecule has 0 bridgehead atoms. The average molecular weight is 303 g/mol. The molecule has 2 aromatic rings. The highest BCUT2D eigenvalue weighted by Crippen LogP contribution is 2.24. The number of anilines is 2. The topological polar surface area (TPSA) is 84.2 Å². The molecule has 0 atom stereocenters. The molecule has 2 rings (SSSR count). The lowest BCUT2D eigenvalue weighted by Crippen LogP contribution is -2.11. The number of thiophene rings is 1. The van der Waals surface area contributed by atoms with Crippen molar-refractivity contribution in [3.8, 4) is 0 Å². The fourth-order valence-electron chi connectivity index (χ4n) is 1.97. The number of primary amides is 1. The smallest absolute Gasteiger partial charge is 0.248 e. The highest BCUT2D eigenvalue weighted by molar-refractivity contribution is 7.10. The van der Waals surface area contributed by atoms with Crippen LogP contribution in [0.25, 0.3) is 0 Å². The summed E-state index contributed by atoms with van der Waals surface area (Å²) in [6.07, 6.45) is 0. The van der Waals surface area contributed by atoms with Crippen LogP contribution in [0.3, 0.4) is 0 Å². The first-order valence-corrected chi connectivity index (χ1v) is 7.33. The summed E-state index contributed by atoms with van der Waals surface area (Å²) in [5.74, 6) is -0.521. The van der Waals surface area contributed by atoms with Crippen molar-refractivity contribution in [2.75, 3.05) is 10.6 Å². The number of nitrogens with one attached hydrogen (secondary N) is 2. The number of aryl methyl sites for hydroxylation is 1. The van der Waals surface area contributed by atoms with Crippen LogP contribution in [0, 0.1) is 6.92 Å². The van der Waals surface area contributed by atoms with Gasteiger partial charge in [0.05, 0.1) is 12.2 Å². The maximum Gasteiger partial charge on any atom is 0.248 e. The van der Waals surface area contributed by atoms with E-state index < -0.39 is 5.91 Å². The van der Waals surface area contributed by atoms with Crippen LogP contribution in [0.1, 0.15) is 27.7 Å². The minimum absolute atomic E-state index is 0.0864. The fourth-order valence-corrected chi connectivity index (χ4v) is 2.74. The largest absolute Gasteiger partial charge is 0.380 e. The molecule has 6 heteroatoms. The zero-order chi connectivity index (χ0) is 15.4. The van der Waals surface area contributed by atoms with Crippen molar-refractivity contribution < 1.29 is 9.59 Å². The number of rotatable bonds is 5. The van der Waals surface area contributed by atoms with Gasteiger partial charge in [0.15, 0.2) is 0 Å². The standard InChI is InChI=1S/C15H17N3O2S/c1-9-7-11(15(16)20)3-4-12(9)17-8-14-13(5-6-21-14)18-10(2)19/h3-7,17H,8H2,1-2H3,(H2,16,20)(H,18,19). The molecule has 0 spiro atoms. The minimum atomic E-state index is -0.434. The Morgan fingerprint density at radius 1 is 1.24 bits per heavy atom. The molecule has 2 amide bonds. The summed E-state index contributed by atoms with van der Waals surface area (Å²) in [5.41, 5.74) is 8.45. The summed E-state index contributed by atoms with van der Waals surface area (Å²) in [5, 5.41) is 8.04. The van der Waals surface area contributed by atoms with E-state index >= 15 is 0 Å². The molecule has 4 N–H and O–H groups in total. The van der Waals surface area contributed by atoms with Crippen LogP contribution in [0.4, 0.5) is 11.4 Å². The zero-order valence-corrected chi connectivity index (χ0v) is 12.7. The summed E-state index contributed by atoms with van der Waals surface area (Å²) in [4.78, 5) is 23.3. The lowest BCUT2D eigenvalue weighted by atomic mass is 10.1. The predicted octanol–water partition coefficient (Wildman–Crippen LogP) is 2.73. The third kappa shape index (κ3) is 3.82. The Bertz CT molecular complexity index is 679. The van der Waals surface area contributed by atoms with Crippen LogP contribution in [0.15, 0.2) is 29.6 Å². The van der Waals surface area contributed by atoms with E-state index in [-0.39, 0.29) is 5.91 Å². The first-order chi connectivity index (χ1) is 9.97. The molecule has 0 aliphatic carbocycles. The number of amides is 2. The van der Waals surface area contributed by atoms with E-state index in [1.165, 1.54) is 6.92 Å². The summed E-state index contributed by atoms with van der Waals surface area (Å²) >= 11 is 1.57. The number of hydrogen-bond donors (Lipinski definition) is 3. The zero-order valence-electron chi connectivity index (χ0n) is 11.9. The molecule has 0 fully saturated rings. The molecule has 110 valence electrons. The predicted molar refractivity (Wildman–Crippen MR) is 85.6 cm³/mol. The Balaban J connectivity index is 2.08. The first kappa shape index (κ1) is 15.1. The van der Waals surface area contributed by atoms with Crippen LogP contribution in [0.5, 0.6) is 0 Å². The Hall–Kier alpha value is -2.34. The number of carbonyl (C=O) groups is 2. The van der Waals surface area contributed by atoms with Gasteiger partial charge >= 0.3 is 0 Å². The van der Waals surface area contributed by atoms with E-state index in [1.54, 1.807) is 23.5 Å². The third-order valence-electron chi connectivity index (χ3n) is 3.01. The third-order valence-corrected chi connectivity index (χ3v) is 3.93. The molecule has 0 saturated heterocycles. The van der Waals surface area contributed by atoms with Gasteiger partial charge in [-0.15, -0.1) is 11.3 Å². The molecular formula is C15H17N3O2S. The van der Waals surface area contributed by atoms with Crippen molar-refractivity contribution in [1.29, 1.82) is 0 Å². The Morgan fingerprint density at radius 3 is 2.62 bits per heavy atom. The number of hydrogen-bond acceptors (Lipinski definition) is 4. The van der Waals surface area contributed by atoms with Gasteiger partial charge in [0, 0.05) is 23.1 Å². The molecule has 5 nitrogen and oxygen atoms in total. The van der Waals surface area contributed by atoms with Crippen molar-refractivity contribution in [3.05, 3.63) is 45.6 Å². The second-order valence-electron chi connectivity index (χ2n) is 4.69. The summed E-state index contributed by atoms with van der Waals surface area (Å²) in [6.45, 7) is 4.00. The SMILES string of the molecule is CC(=O)Nc1ccsc1CNc1ccc(C(N)=O)cc1C. The lowest BCUT2D eigenvalue weighted by molar-refractivity contribution is -0.114. The summed E-state index contributed by atoms with van der Waals surface area (Å²) in [6, 6.07) is 7.17. The molecule has 0 saturated carbocycles. The Labute approximate surface area is 127 Å². The molecule has 0 radical (unpaired) electrons. The Morgan fingerprint density at radius 2 is 2.00 bits per heavy atom. The van der Waals surface area contributed by atoms with Gasteiger partial charge in [-0.25, -0.2) is 0 Å². The second kappa shape index (κ2) is 6.41. The maximum atomic E-state index is 11.1. The number of nitrogens with two attached hydrogens (primary N) is 1. The van der Waals surface area contributed by atoms with Gasteiger partial charge in [0.25, 0.3) is 0 Å². The maximum absolute atomic E-state index is 11.1. The van der Waals surface area contributed by atoms with Crippen LogP contribution in [-0.4, -0.2) is 11.8 Å². The van der Waals surface area contributed by atoms with Gasteiger partial charge in [0.1, 0.15) is 0 Å².